The van der Waals surface area contributed by atoms with Crippen molar-refractivity contribution in [2.45, 2.75) is 6.42 Å². The van der Waals surface area contributed by atoms with E-state index in [-0.39, 0.29) is 17.9 Å². The minimum Gasteiger partial charge on any atom is -0.453 e. The van der Waals surface area contributed by atoms with E-state index in [1.54, 1.807) is 46.2 Å². The SMILES string of the molecule is COC(=O)N1CCCN(C(=O)c2ccccc2NC(=O)c2cccs2)CC1. The minimum atomic E-state index is -0.382. The number of carbonyl (C=O) groups excluding carboxylic acids is 3. The smallest absolute Gasteiger partial charge is 0.409 e. The van der Waals surface area contributed by atoms with E-state index in [1.807, 2.05) is 5.38 Å². The van der Waals surface area contributed by atoms with E-state index in [9.17, 15) is 14.4 Å². The van der Waals surface area contributed by atoms with Gasteiger partial charge in [0.2, 0.25) is 0 Å². The van der Waals surface area contributed by atoms with Gasteiger partial charge < -0.3 is 19.9 Å². The third-order valence-electron chi connectivity index (χ3n) is 4.37. The molecule has 1 fully saturated rings. The molecule has 1 N–H and O–H groups in total. The van der Waals surface area contributed by atoms with Gasteiger partial charge in [0.05, 0.1) is 23.2 Å². The Kier molecular flexibility index (Phi) is 6.08. The Balaban J connectivity index is 1.73. The fourth-order valence-electron chi connectivity index (χ4n) is 2.97. The third-order valence-corrected chi connectivity index (χ3v) is 5.24. The van der Waals surface area contributed by atoms with E-state index in [1.165, 1.54) is 18.4 Å². The number of hydrogen-bond acceptors (Lipinski definition) is 5. The van der Waals surface area contributed by atoms with Crippen LogP contribution in [-0.2, 0) is 4.74 Å². The molecule has 1 aliphatic rings. The summed E-state index contributed by atoms with van der Waals surface area (Å²) in [5, 5.41) is 4.65. The summed E-state index contributed by atoms with van der Waals surface area (Å²) in [6.07, 6.45) is 0.290. The molecule has 2 aromatic rings. The molecule has 0 aliphatic carbocycles. The first-order chi connectivity index (χ1) is 13.1. The van der Waals surface area contributed by atoms with Crippen molar-refractivity contribution in [2.75, 3.05) is 38.6 Å². The monoisotopic (exact) mass is 387 g/mol. The highest BCUT2D eigenvalue weighted by molar-refractivity contribution is 7.12. The van der Waals surface area contributed by atoms with Crippen LogP contribution in [0.1, 0.15) is 26.5 Å². The molecule has 8 heteroatoms. The van der Waals surface area contributed by atoms with Gasteiger partial charge >= 0.3 is 6.09 Å². The summed E-state index contributed by atoms with van der Waals surface area (Å²) in [7, 11) is 1.35. The predicted molar refractivity (Wildman–Crippen MR) is 103 cm³/mol. The van der Waals surface area contributed by atoms with Gasteiger partial charge in [-0.15, -0.1) is 11.3 Å². The van der Waals surface area contributed by atoms with E-state index in [0.717, 1.165) is 0 Å². The summed E-state index contributed by atoms with van der Waals surface area (Å²) in [6, 6.07) is 10.5. The lowest BCUT2D eigenvalue weighted by Gasteiger charge is -2.22. The summed E-state index contributed by atoms with van der Waals surface area (Å²) in [4.78, 5) is 41.0. The number of nitrogens with one attached hydrogen (secondary N) is 1. The first kappa shape index (κ1) is 18.9. The van der Waals surface area contributed by atoms with Crippen molar-refractivity contribution in [3.8, 4) is 0 Å². The number of amides is 3. The molecule has 0 unspecified atom stereocenters. The fraction of sp³-hybridized carbons (Fsp3) is 0.316. The highest BCUT2D eigenvalue weighted by atomic mass is 32.1. The number of carbonyl (C=O) groups is 3. The first-order valence-corrected chi connectivity index (χ1v) is 9.54. The van der Waals surface area contributed by atoms with E-state index in [2.05, 4.69) is 5.32 Å². The quantitative estimate of drug-likeness (QED) is 0.878. The Hall–Kier alpha value is -2.87. The third kappa shape index (κ3) is 4.46. The first-order valence-electron chi connectivity index (χ1n) is 8.66. The Morgan fingerprint density at radius 3 is 2.48 bits per heavy atom. The van der Waals surface area contributed by atoms with E-state index in [0.29, 0.717) is 48.7 Å². The summed E-state index contributed by atoms with van der Waals surface area (Å²) in [5.41, 5.74) is 0.920. The summed E-state index contributed by atoms with van der Waals surface area (Å²) in [6.45, 7) is 1.93. The molecule has 142 valence electrons. The average Bonchev–Trinajstić information content (AvgIpc) is 3.12. The van der Waals surface area contributed by atoms with Crippen molar-refractivity contribution >= 4 is 34.9 Å². The zero-order chi connectivity index (χ0) is 19.2. The molecule has 0 saturated carbocycles. The number of benzene rings is 1. The molecule has 7 nitrogen and oxygen atoms in total. The lowest BCUT2D eigenvalue weighted by atomic mass is 10.1. The molecule has 3 rings (SSSR count). The number of rotatable bonds is 3. The lowest BCUT2D eigenvalue weighted by molar-refractivity contribution is 0.0758. The number of anilines is 1. The van der Waals surface area contributed by atoms with Crippen molar-refractivity contribution in [2.24, 2.45) is 0 Å². The van der Waals surface area contributed by atoms with Crippen LogP contribution in [0.4, 0.5) is 10.5 Å². The topological polar surface area (TPSA) is 79.0 Å². The second kappa shape index (κ2) is 8.68. The van der Waals surface area contributed by atoms with Crippen LogP contribution in [-0.4, -0.2) is 61.0 Å². The minimum absolute atomic E-state index is 0.163. The van der Waals surface area contributed by atoms with Crippen LogP contribution in [0.25, 0.3) is 0 Å². The van der Waals surface area contributed by atoms with Gasteiger partial charge in [-0.3, -0.25) is 9.59 Å². The maximum absolute atomic E-state index is 13.0. The van der Waals surface area contributed by atoms with E-state index in [4.69, 9.17) is 4.74 Å². The van der Waals surface area contributed by atoms with Gasteiger partial charge in [-0.2, -0.15) is 0 Å². The number of thiophene rings is 1. The van der Waals surface area contributed by atoms with Crippen LogP contribution in [0.5, 0.6) is 0 Å². The average molecular weight is 387 g/mol. The molecule has 2 heterocycles. The van der Waals surface area contributed by atoms with Crippen LogP contribution in [0, 0.1) is 0 Å². The Morgan fingerprint density at radius 2 is 1.74 bits per heavy atom. The summed E-state index contributed by atoms with van der Waals surface area (Å²) >= 11 is 1.34. The Morgan fingerprint density at radius 1 is 1.00 bits per heavy atom. The van der Waals surface area contributed by atoms with Gasteiger partial charge in [0, 0.05) is 26.2 Å². The Bertz CT molecular complexity index is 822. The molecule has 1 aromatic heterocycles. The van der Waals surface area contributed by atoms with Crippen LogP contribution in [0.15, 0.2) is 41.8 Å². The molecular weight excluding hydrogens is 366 g/mol. The van der Waals surface area contributed by atoms with Gasteiger partial charge in [-0.1, -0.05) is 18.2 Å². The maximum Gasteiger partial charge on any atom is 0.409 e. The zero-order valence-electron chi connectivity index (χ0n) is 15.0. The standard InChI is InChI=1S/C19H21N3O4S/c1-26-19(25)22-10-5-9-21(11-12-22)18(24)14-6-2-3-7-15(14)20-17(23)16-8-4-13-27-16/h2-4,6-8,13H,5,9-12H2,1H3,(H,20,23). The molecule has 3 amide bonds. The normalized spacial score (nSPS) is 14.4. The van der Waals surface area contributed by atoms with Crippen molar-refractivity contribution in [1.29, 1.82) is 0 Å². The van der Waals surface area contributed by atoms with Crippen molar-refractivity contribution in [3.05, 3.63) is 52.2 Å². The van der Waals surface area contributed by atoms with Gasteiger partial charge in [0.1, 0.15) is 0 Å². The van der Waals surface area contributed by atoms with Crippen molar-refractivity contribution < 1.29 is 19.1 Å². The fourth-order valence-corrected chi connectivity index (χ4v) is 3.59. The largest absolute Gasteiger partial charge is 0.453 e. The highest BCUT2D eigenvalue weighted by Crippen LogP contribution is 2.20. The maximum atomic E-state index is 13.0. The van der Waals surface area contributed by atoms with Crippen molar-refractivity contribution in [3.63, 3.8) is 0 Å². The van der Waals surface area contributed by atoms with Gasteiger partial charge in [0.25, 0.3) is 11.8 Å². The lowest BCUT2D eigenvalue weighted by Crippen LogP contribution is -2.37. The van der Waals surface area contributed by atoms with Crippen molar-refractivity contribution in [1.82, 2.24) is 9.80 Å². The molecule has 27 heavy (non-hydrogen) atoms. The van der Waals surface area contributed by atoms with Crippen LogP contribution >= 0.6 is 11.3 Å². The Labute approximate surface area is 161 Å². The second-order valence-corrected chi connectivity index (χ2v) is 7.03. The number of hydrogen-bond donors (Lipinski definition) is 1. The summed E-state index contributed by atoms with van der Waals surface area (Å²) in [5.74, 6) is -0.401. The van der Waals surface area contributed by atoms with Gasteiger partial charge in [-0.05, 0) is 30.0 Å². The predicted octanol–water partition coefficient (Wildman–Crippen LogP) is 2.91. The molecule has 0 radical (unpaired) electrons. The molecular formula is C19H21N3O4S. The number of nitrogens with zero attached hydrogens (tertiary/aromatic N) is 2. The van der Waals surface area contributed by atoms with E-state index >= 15 is 0 Å². The van der Waals surface area contributed by atoms with Crippen LogP contribution in [0.3, 0.4) is 0 Å². The molecule has 1 aliphatic heterocycles. The second-order valence-electron chi connectivity index (χ2n) is 6.08. The molecule has 0 bridgehead atoms. The molecule has 0 spiro atoms. The number of para-hydroxylation sites is 1. The van der Waals surface area contributed by atoms with E-state index < -0.39 is 0 Å². The van der Waals surface area contributed by atoms with Gasteiger partial charge in [0.15, 0.2) is 0 Å². The van der Waals surface area contributed by atoms with Crippen LogP contribution < -0.4 is 5.32 Å². The molecule has 1 aromatic carbocycles. The summed E-state index contributed by atoms with van der Waals surface area (Å²) < 4.78 is 4.76. The number of methoxy groups -OCH3 is 1. The molecule has 0 atom stereocenters. The molecule has 1 saturated heterocycles. The number of ether oxygens (including phenoxy) is 1. The van der Waals surface area contributed by atoms with Crippen LogP contribution in [0.2, 0.25) is 0 Å². The zero-order valence-corrected chi connectivity index (χ0v) is 15.8. The van der Waals surface area contributed by atoms with Gasteiger partial charge in [-0.25, -0.2) is 4.79 Å². The highest BCUT2D eigenvalue weighted by Gasteiger charge is 2.25.